The molecular formula is C11H10BrClN2S. The zero-order valence-electron chi connectivity index (χ0n) is 8.34. The van der Waals surface area contributed by atoms with Crippen molar-refractivity contribution in [2.24, 2.45) is 0 Å². The molecule has 0 amide bonds. The normalized spacial score (nSPS) is 10.4. The van der Waals surface area contributed by atoms with E-state index in [1.54, 1.807) is 17.4 Å². The van der Waals surface area contributed by atoms with E-state index in [0.29, 0.717) is 10.7 Å². The van der Waals surface area contributed by atoms with Gasteiger partial charge in [0, 0.05) is 27.0 Å². The van der Waals surface area contributed by atoms with Crippen LogP contribution in [0, 0.1) is 0 Å². The van der Waals surface area contributed by atoms with Crippen LogP contribution >= 0.6 is 38.9 Å². The third-order valence-corrected chi connectivity index (χ3v) is 4.08. The Labute approximate surface area is 112 Å². The number of benzene rings is 1. The third-order valence-electron chi connectivity index (χ3n) is 2.07. The van der Waals surface area contributed by atoms with Gasteiger partial charge in [0.2, 0.25) is 0 Å². The van der Waals surface area contributed by atoms with Gasteiger partial charge in [-0.2, -0.15) is 0 Å². The van der Waals surface area contributed by atoms with Gasteiger partial charge in [0.15, 0.2) is 0 Å². The topological polar surface area (TPSA) is 38.0 Å². The molecule has 2 nitrogen and oxygen atoms in total. The smallest absolute Gasteiger partial charge is 0.0658 e. The minimum Gasteiger partial charge on any atom is -0.399 e. The van der Waals surface area contributed by atoms with Gasteiger partial charge in [0.25, 0.3) is 0 Å². The van der Waals surface area contributed by atoms with Gasteiger partial charge < -0.3 is 11.1 Å². The monoisotopic (exact) mass is 316 g/mol. The molecule has 1 aromatic heterocycles. The lowest BCUT2D eigenvalue weighted by Gasteiger charge is -2.07. The van der Waals surface area contributed by atoms with Gasteiger partial charge in [-0.1, -0.05) is 11.6 Å². The molecule has 84 valence electrons. The molecule has 5 heteroatoms. The molecule has 0 radical (unpaired) electrons. The molecule has 0 fully saturated rings. The van der Waals surface area contributed by atoms with Crippen molar-refractivity contribution in [3.63, 3.8) is 0 Å². The van der Waals surface area contributed by atoms with Crippen LogP contribution in [0.1, 0.15) is 4.88 Å². The van der Waals surface area contributed by atoms with Gasteiger partial charge in [-0.3, -0.25) is 0 Å². The third kappa shape index (κ3) is 2.90. The van der Waals surface area contributed by atoms with Crippen LogP contribution in [0.5, 0.6) is 0 Å². The van der Waals surface area contributed by atoms with Crippen LogP contribution in [0.2, 0.25) is 5.02 Å². The maximum atomic E-state index is 6.05. The highest BCUT2D eigenvalue weighted by atomic mass is 79.9. The maximum Gasteiger partial charge on any atom is 0.0658 e. The fourth-order valence-electron chi connectivity index (χ4n) is 1.30. The molecule has 0 aliphatic carbocycles. The van der Waals surface area contributed by atoms with Gasteiger partial charge in [0.05, 0.1) is 10.7 Å². The molecule has 0 saturated carbocycles. The Morgan fingerprint density at radius 1 is 1.38 bits per heavy atom. The van der Waals surface area contributed by atoms with E-state index in [9.17, 15) is 0 Å². The van der Waals surface area contributed by atoms with Crippen LogP contribution in [0.4, 0.5) is 11.4 Å². The van der Waals surface area contributed by atoms with E-state index >= 15 is 0 Å². The number of hydrogen-bond acceptors (Lipinski definition) is 3. The summed E-state index contributed by atoms with van der Waals surface area (Å²) in [6.07, 6.45) is 0. The maximum absolute atomic E-state index is 6.05. The van der Waals surface area contributed by atoms with E-state index < -0.39 is 0 Å². The van der Waals surface area contributed by atoms with Gasteiger partial charge >= 0.3 is 0 Å². The van der Waals surface area contributed by atoms with Crippen LogP contribution in [0.25, 0.3) is 0 Å². The molecule has 2 aromatic rings. The Morgan fingerprint density at radius 3 is 2.81 bits per heavy atom. The van der Waals surface area contributed by atoms with E-state index in [1.807, 2.05) is 12.1 Å². The molecule has 16 heavy (non-hydrogen) atoms. The highest BCUT2D eigenvalue weighted by molar-refractivity contribution is 9.10. The van der Waals surface area contributed by atoms with E-state index in [-0.39, 0.29) is 0 Å². The number of nitrogens with one attached hydrogen (secondary N) is 1. The van der Waals surface area contributed by atoms with E-state index in [4.69, 9.17) is 17.3 Å². The molecule has 2 rings (SSSR count). The summed E-state index contributed by atoms with van der Waals surface area (Å²) >= 11 is 11.2. The van der Waals surface area contributed by atoms with Crippen LogP contribution in [-0.2, 0) is 6.54 Å². The second kappa shape index (κ2) is 5.08. The molecule has 0 aliphatic heterocycles. The second-order valence-electron chi connectivity index (χ2n) is 3.32. The molecule has 0 atom stereocenters. The summed E-state index contributed by atoms with van der Waals surface area (Å²) in [5, 5.41) is 5.98. The summed E-state index contributed by atoms with van der Waals surface area (Å²) < 4.78 is 1.11. The van der Waals surface area contributed by atoms with Crippen LogP contribution < -0.4 is 11.1 Å². The summed E-state index contributed by atoms with van der Waals surface area (Å²) in [6.45, 7) is 0.764. The first-order valence-electron chi connectivity index (χ1n) is 4.67. The van der Waals surface area contributed by atoms with Crippen molar-refractivity contribution in [2.45, 2.75) is 6.54 Å². The molecular weight excluding hydrogens is 308 g/mol. The Hall–Kier alpha value is -0.710. The highest BCUT2D eigenvalue weighted by Gasteiger charge is 2.01. The molecule has 0 aliphatic rings. The number of anilines is 2. The van der Waals surface area contributed by atoms with E-state index in [2.05, 4.69) is 32.7 Å². The molecule has 0 saturated heterocycles. The first kappa shape index (κ1) is 11.8. The van der Waals surface area contributed by atoms with Crippen molar-refractivity contribution in [1.82, 2.24) is 0 Å². The fraction of sp³-hybridized carbons (Fsp3) is 0.0909. The fourth-order valence-corrected chi connectivity index (χ4v) is 2.95. The standard InChI is InChI=1S/C11H10BrClN2S/c12-7-3-9(16-6-7)5-15-11-2-1-8(14)4-10(11)13/h1-4,6,15H,5,14H2. The number of nitrogen functional groups attached to an aromatic ring is 1. The summed E-state index contributed by atoms with van der Waals surface area (Å²) in [7, 11) is 0. The zero-order valence-corrected chi connectivity index (χ0v) is 11.5. The van der Waals surface area contributed by atoms with Crippen molar-refractivity contribution < 1.29 is 0 Å². The molecule has 1 heterocycles. The van der Waals surface area contributed by atoms with Crippen molar-refractivity contribution in [2.75, 3.05) is 11.1 Å². The Kier molecular flexibility index (Phi) is 3.74. The SMILES string of the molecule is Nc1ccc(NCc2cc(Br)cs2)c(Cl)c1. The lowest BCUT2D eigenvalue weighted by molar-refractivity contribution is 1.19. The summed E-state index contributed by atoms with van der Waals surface area (Å²) in [5.41, 5.74) is 7.20. The minimum absolute atomic E-state index is 0.649. The lowest BCUT2D eigenvalue weighted by atomic mass is 10.3. The van der Waals surface area contributed by atoms with Gasteiger partial charge in [-0.25, -0.2) is 0 Å². The van der Waals surface area contributed by atoms with Gasteiger partial charge in [-0.15, -0.1) is 11.3 Å². The van der Waals surface area contributed by atoms with Crippen molar-refractivity contribution >= 4 is 50.2 Å². The summed E-state index contributed by atoms with van der Waals surface area (Å²) in [4.78, 5) is 1.25. The van der Waals surface area contributed by atoms with E-state index in [1.165, 1.54) is 4.88 Å². The van der Waals surface area contributed by atoms with Crippen molar-refractivity contribution in [3.05, 3.63) is 44.0 Å². The number of halogens is 2. The number of hydrogen-bond donors (Lipinski definition) is 2. The van der Waals surface area contributed by atoms with Gasteiger partial charge in [0.1, 0.15) is 0 Å². The van der Waals surface area contributed by atoms with Crippen LogP contribution in [0.3, 0.4) is 0 Å². The van der Waals surface area contributed by atoms with Crippen molar-refractivity contribution in [1.29, 1.82) is 0 Å². The van der Waals surface area contributed by atoms with E-state index in [0.717, 1.165) is 16.7 Å². The quantitative estimate of drug-likeness (QED) is 0.826. The number of rotatable bonds is 3. The molecule has 0 spiro atoms. The Morgan fingerprint density at radius 2 is 2.19 bits per heavy atom. The van der Waals surface area contributed by atoms with Crippen LogP contribution in [0.15, 0.2) is 34.1 Å². The average molecular weight is 318 g/mol. The average Bonchev–Trinajstić information content (AvgIpc) is 2.63. The first-order chi connectivity index (χ1) is 7.65. The van der Waals surface area contributed by atoms with Crippen LogP contribution in [-0.4, -0.2) is 0 Å². The Bertz CT molecular complexity index is 498. The molecule has 1 aromatic carbocycles. The number of nitrogens with two attached hydrogens (primary N) is 1. The zero-order chi connectivity index (χ0) is 11.5. The van der Waals surface area contributed by atoms with Gasteiger partial charge in [-0.05, 0) is 40.2 Å². The molecule has 0 unspecified atom stereocenters. The predicted molar refractivity (Wildman–Crippen MR) is 75.2 cm³/mol. The second-order valence-corrected chi connectivity index (χ2v) is 5.64. The lowest BCUT2D eigenvalue weighted by Crippen LogP contribution is -1.98. The minimum atomic E-state index is 0.649. The predicted octanol–water partition coefficient (Wildman–Crippen LogP) is 4.36. The van der Waals surface area contributed by atoms with Crippen molar-refractivity contribution in [3.8, 4) is 0 Å². The summed E-state index contributed by atoms with van der Waals surface area (Å²) in [5.74, 6) is 0. The highest BCUT2D eigenvalue weighted by Crippen LogP contribution is 2.26. The summed E-state index contributed by atoms with van der Waals surface area (Å²) in [6, 6.07) is 7.55. The molecule has 3 N–H and O–H groups in total. The number of thiophene rings is 1. The largest absolute Gasteiger partial charge is 0.399 e. The molecule has 0 bridgehead atoms. The Balaban J connectivity index is 2.04. The first-order valence-corrected chi connectivity index (χ1v) is 6.72.